The van der Waals surface area contributed by atoms with Crippen molar-refractivity contribution in [3.05, 3.63) is 202 Å². The highest BCUT2D eigenvalue weighted by atomic mass is 15.0. The van der Waals surface area contributed by atoms with Crippen LogP contribution in [0.2, 0.25) is 0 Å². The van der Waals surface area contributed by atoms with Gasteiger partial charge in [-0.1, -0.05) is 6.08 Å². The summed E-state index contributed by atoms with van der Waals surface area (Å²) in [7, 11) is 0. The Bertz CT molecular complexity index is 2450. The van der Waals surface area contributed by atoms with Crippen molar-refractivity contribution in [2.75, 3.05) is 0 Å². The largest absolute Gasteiger partial charge is 0.374 e. The quantitative estimate of drug-likeness (QED) is 0.255. The van der Waals surface area contributed by atoms with Crippen LogP contribution in [0.4, 0.5) is 0 Å². The zero-order chi connectivity index (χ0) is 31.9. The monoisotopic (exact) mass is 620 g/mol. The molecule has 3 aliphatic rings. The third-order valence-corrected chi connectivity index (χ3v) is 8.87. The summed E-state index contributed by atoms with van der Waals surface area (Å²) in [6, 6.07) is 24.8. The number of aromatic amines is 2. The topological polar surface area (TPSA) is 108 Å². The zero-order valence-electron chi connectivity index (χ0n) is 25.7. The molecule has 0 radical (unpaired) electrons. The first kappa shape index (κ1) is 27.6. The molecule has 6 aromatic rings. The Morgan fingerprint density at radius 2 is 1.00 bits per heavy atom. The van der Waals surface area contributed by atoms with Crippen LogP contribution in [0.5, 0.6) is 0 Å². The molecule has 9 heterocycles. The summed E-state index contributed by atoms with van der Waals surface area (Å²) in [5.41, 5.74) is 13.0. The van der Waals surface area contributed by atoms with Crippen molar-refractivity contribution in [2.24, 2.45) is 4.99 Å². The number of H-pyrrole nitrogens is 2. The van der Waals surface area contributed by atoms with Crippen LogP contribution in [0.1, 0.15) is 33.6 Å². The molecule has 8 heteroatoms. The van der Waals surface area contributed by atoms with E-state index in [1.54, 1.807) is 0 Å². The second kappa shape index (κ2) is 11.6. The summed E-state index contributed by atoms with van der Waals surface area (Å²) in [4.78, 5) is 30.1. The lowest BCUT2D eigenvalue weighted by molar-refractivity contribution is 0.854. The Labute approximate surface area is 276 Å². The third kappa shape index (κ3) is 4.83. The fraction of sp³-hybridized carbons (Fsp3) is 0.0250. The van der Waals surface area contributed by atoms with Crippen molar-refractivity contribution in [1.29, 1.82) is 0 Å². The van der Waals surface area contributed by atoms with Gasteiger partial charge in [-0.3, -0.25) is 19.9 Å². The molecule has 3 aliphatic heterocycles. The maximum atomic E-state index is 5.30. The molecule has 3 N–H and O–H groups in total. The normalized spacial score (nSPS) is 22.1. The van der Waals surface area contributed by atoms with E-state index in [0.29, 0.717) is 0 Å². The van der Waals surface area contributed by atoms with Gasteiger partial charge in [0.25, 0.3) is 0 Å². The molecule has 1 atom stereocenters. The fourth-order valence-corrected chi connectivity index (χ4v) is 6.73. The van der Waals surface area contributed by atoms with E-state index in [0.717, 1.165) is 83.7 Å². The molecule has 228 valence electrons. The molecule has 8 nitrogen and oxygen atoms in total. The van der Waals surface area contributed by atoms with Gasteiger partial charge in [0.15, 0.2) is 0 Å². The van der Waals surface area contributed by atoms with Crippen molar-refractivity contribution in [3.63, 3.8) is 0 Å². The standard InChI is InChI=1S/C40H28N8/c1-2-30-38(26-11-19-42-20-12-26)32-5-6-34(47-32)40(28-15-23-44-24-16-28)36-8-7-35(48-36)39(27-13-21-43-22-14-27)33-4-3-31(46-33)37(29(1)45-30)25-9-17-41-18-10-25/h1-24,29,45-47H/b37-31-,38-30-,39-33-,40-36-. The summed E-state index contributed by atoms with van der Waals surface area (Å²) in [5.74, 6) is 0. The van der Waals surface area contributed by atoms with Crippen LogP contribution in [0.3, 0.4) is 0 Å². The van der Waals surface area contributed by atoms with Crippen molar-refractivity contribution in [3.8, 4) is 0 Å². The Balaban J connectivity index is 1.39. The van der Waals surface area contributed by atoms with Gasteiger partial charge in [0.2, 0.25) is 0 Å². The Morgan fingerprint density at radius 1 is 0.458 bits per heavy atom. The Hall–Kier alpha value is -6.67. The molecule has 9 rings (SSSR count). The van der Waals surface area contributed by atoms with E-state index >= 15 is 0 Å². The van der Waals surface area contributed by atoms with Crippen molar-refractivity contribution in [2.45, 2.75) is 6.04 Å². The summed E-state index contributed by atoms with van der Waals surface area (Å²) >= 11 is 0. The Kier molecular flexibility index (Phi) is 6.68. The fourth-order valence-electron chi connectivity index (χ4n) is 6.73. The number of rotatable bonds is 4. The zero-order valence-corrected chi connectivity index (χ0v) is 25.7. The highest BCUT2D eigenvalue weighted by Crippen LogP contribution is 2.35. The number of pyridine rings is 4. The minimum Gasteiger partial charge on any atom is -0.374 e. The Morgan fingerprint density at radius 3 is 1.65 bits per heavy atom. The highest BCUT2D eigenvalue weighted by Gasteiger charge is 2.25. The van der Waals surface area contributed by atoms with Crippen LogP contribution in [-0.4, -0.2) is 41.7 Å². The first-order valence-electron chi connectivity index (χ1n) is 15.8. The van der Waals surface area contributed by atoms with Gasteiger partial charge in [0.1, 0.15) is 0 Å². The molecule has 0 amide bonds. The molecular weight excluding hydrogens is 592 g/mol. The molecule has 6 aromatic heterocycles. The lowest BCUT2D eigenvalue weighted by Gasteiger charge is -2.18. The average molecular weight is 621 g/mol. The number of hydrogen-bond donors (Lipinski definition) is 3. The van der Waals surface area contributed by atoms with Crippen LogP contribution < -0.4 is 16.0 Å². The molecular formula is C40H28N8. The summed E-state index contributed by atoms with van der Waals surface area (Å²) in [6.07, 6.45) is 23.2. The number of aliphatic imine (C=N–C) groups is 1. The van der Waals surface area contributed by atoms with Gasteiger partial charge in [-0.15, -0.1) is 0 Å². The van der Waals surface area contributed by atoms with E-state index in [1.807, 2.05) is 86.0 Å². The smallest absolute Gasteiger partial charge is 0.0737 e. The third-order valence-electron chi connectivity index (χ3n) is 8.87. The summed E-state index contributed by atoms with van der Waals surface area (Å²) in [5, 5.41) is 5.82. The van der Waals surface area contributed by atoms with Crippen LogP contribution >= 0.6 is 0 Å². The predicted molar refractivity (Wildman–Crippen MR) is 187 cm³/mol. The molecule has 48 heavy (non-hydrogen) atoms. The van der Waals surface area contributed by atoms with Gasteiger partial charge in [-0.05, 0) is 113 Å². The van der Waals surface area contributed by atoms with E-state index in [9.17, 15) is 0 Å². The van der Waals surface area contributed by atoms with Crippen LogP contribution in [0.15, 0.2) is 163 Å². The van der Waals surface area contributed by atoms with Gasteiger partial charge in [0.05, 0.1) is 17.5 Å². The molecule has 0 saturated carbocycles. The minimum absolute atomic E-state index is 0.111. The van der Waals surface area contributed by atoms with Crippen molar-refractivity contribution in [1.82, 2.24) is 35.2 Å². The van der Waals surface area contributed by atoms with Gasteiger partial charge >= 0.3 is 0 Å². The second-order valence-corrected chi connectivity index (χ2v) is 11.7. The van der Waals surface area contributed by atoms with E-state index in [1.165, 1.54) is 0 Å². The predicted octanol–water partition coefficient (Wildman–Crippen LogP) is 5.09. The number of allylic oxidation sites excluding steroid dienone is 3. The lowest BCUT2D eigenvalue weighted by atomic mass is 9.99. The van der Waals surface area contributed by atoms with Gasteiger partial charge in [0, 0.05) is 99.7 Å². The number of hydrogen-bond acceptors (Lipinski definition) is 6. The molecule has 1 unspecified atom stereocenters. The first-order valence-corrected chi connectivity index (χ1v) is 15.8. The lowest BCUT2D eigenvalue weighted by Crippen LogP contribution is -2.30. The maximum Gasteiger partial charge on any atom is 0.0737 e. The molecule has 0 spiro atoms. The van der Waals surface area contributed by atoms with E-state index in [4.69, 9.17) is 4.99 Å². The molecule has 0 saturated heterocycles. The molecule has 8 bridgehead atoms. The van der Waals surface area contributed by atoms with E-state index < -0.39 is 0 Å². The van der Waals surface area contributed by atoms with Gasteiger partial charge < -0.3 is 15.3 Å². The average Bonchev–Trinajstić information content (AvgIpc) is 3.98. The highest BCUT2D eigenvalue weighted by molar-refractivity contribution is 6.30. The van der Waals surface area contributed by atoms with E-state index in [-0.39, 0.29) is 6.04 Å². The van der Waals surface area contributed by atoms with Crippen molar-refractivity contribution >= 4 is 28.0 Å². The summed E-state index contributed by atoms with van der Waals surface area (Å²) < 4.78 is 0. The van der Waals surface area contributed by atoms with Gasteiger partial charge in [-0.2, -0.15) is 0 Å². The maximum absolute atomic E-state index is 5.30. The van der Waals surface area contributed by atoms with Gasteiger partial charge in [-0.25, -0.2) is 4.99 Å². The van der Waals surface area contributed by atoms with Crippen molar-refractivity contribution < 1.29 is 0 Å². The van der Waals surface area contributed by atoms with Crippen LogP contribution in [0, 0.1) is 0 Å². The number of nitrogens with one attached hydrogen (secondary N) is 3. The second-order valence-electron chi connectivity index (χ2n) is 11.7. The van der Waals surface area contributed by atoms with Crippen LogP contribution in [-0.2, 0) is 0 Å². The minimum atomic E-state index is -0.111. The van der Waals surface area contributed by atoms with Crippen LogP contribution in [0.25, 0.3) is 22.3 Å². The number of nitrogens with zero attached hydrogens (tertiary/aromatic N) is 5. The summed E-state index contributed by atoms with van der Waals surface area (Å²) in [6.45, 7) is 0. The molecule has 0 aliphatic carbocycles. The van der Waals surface area contributed by atoms with E-state index in [2.05, 4.69) is 95.9 Å². The number of aromatic nitrogens is 6. The first-order chi connectivity index (χ1) is 23.8. The molecule has 0 fully saturated rings. The SMILES string of the molecule is C1=C/C2=C(\c3ccncc3)c3ccc([nH]3)/C(c3ccncc3)=C3/C=CC(N3)/C(c3ccncc3)=c3/cc/c([nH]3)=C(\c3ccncc3)C1=N2. The number of fused-ring (bicyclic) bond motifs is 7. The molecule has 0 aromatic carbocycles.